The lowest BCUT2D eigenvalue weighted by Crippen LogP contribution is -1.94. The predicted molar refractivity (Wildman–Crippen MR) is 88.5 cm³/mol. The number of aromatic nitrogens is 2. The summed E-state index contributed by atoms with van der Waals surface area (Å²) < 4.78 is 5.06. The number of nitrogens with zero attached hydrogens (tertiary/aromatic N) is 4. The smallest absolute Gasteiger partial charge is 0.277 e. The highest BCUT2D eigenvalue weighted by atomic mass is 35.5. The van der Waals surface area contributed by atoms with Gasteiger partial charge in [-0.05, 0) is 18.2 Å². The number of nitro benzene ring substituents is 2. The second-order valence-corrected chi connectivity index (χ2v) is 5.64. The lowest BCUT2D eigenvalue weighted by molar-refractivity contribution is -0.394. The van der Waals surface area contributed by atoms with Crippen LogP contribution in [0.25, 0.3) is 22.8 Å². The van der Waals surface area contributed by atoms with Gasteiger partial charge in [-0.15, -0.1) is 0 Å². The first-order valence-corrected chi connectivity index (χ1v) is 7.34. The Bertz CT molecular complexity index is 972. The van der Waals surface area contributed by atoms with Gasteiger partial charge in [-0.25, -0.2) is 0 Å². The monoisotopic (exact) mass is 380 g/mol. The van der Waals surface area contributed by atoms with Crippen molar-refractivity contribution in [1.82, 2.24) is 10.1 Å². The molecule has 3 rings (SSSR count). The molecule has 3 aromatic rings. The lowest BCUT2D eigenvalue weighted by atomic mass is 10.1. The molecule has 9 nitrogen and oxygen atoms in total. The second-order valence-electron chi connectivity index (χ2n) is 4.80. The summed E-state index contributed by atoms with van der Waals surface area (Å²) in [6.07, 6.45) is 0. The normalized spacial score (nSPS) is 10.6. The summed E-state index contributed by atoms with van der Waals surface area (Å²) in [5.41, 5.74) is -0.451. The van der Waals surface area contributed by atoms with E-state index in [0.29, 0.717) is 10.6 Å². The maximum Gasteiger partial charge on any atom is 0.277 e. The number of nitro groups is 2. The van der Waals surface area contributed by atoms with Crippen LogP contribution < -0.4 is 0 Å². The molecular weight excluding hydrogens is 375 g/mol. The van der Waals surface area contributed by atoms with Gasteiger partial charge in [-0.3, -0.25) is 20.2 Å². The molecule has 1 aromatic heterocycles. The topological polar surface area (TPSA) is 125 Å². The molecule has 0 amide bonds. The summed E-state index contributed by atoms with van der Waals surface area (Å²) in [6, 6.07) is 7.71. The van der Waals surface area contributed by atoms with E-state index in [9.17, 15) is 20.2 Å². The average Bonchev–Trinajstić information content (AvgIpc) is 3.04. The molecule has 0 aliphatic carbocycles. The Morgan fingerprint density at radius 3 is 2.16 bits per heavy atom. The first-order valence-electron chi connectivity index (χ1n) is 6.58. The Morgan fingerprint density at radius 1 is 0.960 bits per heavy atom. The Morgan fingerprint density at radius 2 is 1.60 bits per heavy atom. The lowest BCUT2D eigenvalue weighted by Gasteiger charge is -1.98. The van der Waals surface area contributed by atoms with Crippen molar-refractivity contribution in [3.63, 3.8) is 0 Å². The third-order valence-electron chi connectivity index (χ3n) is 3.17. The maximum atomic E-state index is 10.9. The predicted octanol–water partition coefficient (Wildman–Crippen LogP) is 4.53. The zero-order valence-corrected chi connectivity index (χ0v) is 13.6. The number of rotatable bonds is 4. The fraction of sp³-hybridized carbons (Fsp3) is 0. The SMILES string of the molecule is O=[N+]([O-])c1cc(-c2nc(-c3ccc(Cl)cc3Cl)no2)cc([N+](=O)[O-])c1. The molecule has 11 heteroatoms. The Labute approximate surface area is 149 Å². The maximum absolute atomic E-state index is 10.9. The van der Waals surface area contributed by atoms with Gasteiger partial charge >= 0.3 is 0 Å². The van der Waals surface area contributed by atoms with Gasteiger partial charge in [0.05, 0.1) is 26.5 Å². The van der Waals surface area contributed by atoms with E-state index in [1.807, 2.05) is 0 Å². The molecule has 0 saturated carbocycles. The summed E-state index contributed by atoms with van der Waals surface area (Å²) in [5, 5.41) is 26.4. The third-order valence-corrected chi connectivity index (χ3v) is 3.72. The molecule has 1 heterocycles. The van der Waals surface area contributed by atoms with E-state index in [2.05, 4.69) is 10.1 Å². The Hall–Kier alpha value is -3.04. The van der Waals surface area contributed by atoms with Crippen molar-refractivity contribution in [2.45, 2.75) is 0 Å². The molecule has 0 N–H and O–H groups in total. The molecule has 0 fully saturated rings. The summed E-state index contributed by atoms with van der Waals surface area (Å²) in [5.74, 6) is -0.00126. The number of hydrogen-bond donors (Lipinski definition) is 0. The molecule has 0 atom stereocenters. The van der Waals surface area contributed by atoms with Gasteiger partial charge in [-0.2, -0.15) is 4.98 Å². The summed E-state index contributed by atoms with van der Waals surface area (Å²) in [7, 11) is 0. The highest BCUT2D eigenvalue weighted by molar-refractivity contribution is 6.36. The zero-order chi connectivity index (χ0) is 18.1. The minimum absolute atomic E-state index is 0.0461. The Balaban J connectivity index is 2.08. The van der Waals surface area contributed by atoms with Crippen LogP contribution in [-0.4, -0.2) is 20.0 Å². The molecule has 126 valence electrons. The van der Waals surface area contributed by atoms with E-state index in [1.165, 1.54) is 6.07 Å². The molecule has 0 aliphatic rings. The van der Waals surface area contributed by atoms with Crippen molar-refractivity contribution in [1.29, 1.82) is 0 Å². The summed E-state index contributed by atoms with van der Waals surface area (Å²) in [4.78, 5) is 24.5. The standard InChI is InChI=1S/C14H6Cl2N4O5/c15-8-1-2-11(12(16)5-8)13-17-14(25-18-13)7-3-9(19(21)22)6-10(4-7)20(23)24/h1-6H. The van der Waals surface area contributed by atoms with Crippen LogP contribution in [0, 0.1) is 20.2 Å². The number of benzene rings is 2. The highest BCUT2D eigenvalue weighted by Gasteiger charge is 2.21. The van der Waals surface area contributed by atoms with Crippen molar-refractivity contribution in [2.75, 3.05) is 0 Å². The van der Waals surface area contributed by atoms with Crippen molar-refractivity contribution in [3.05, 3.63) is 66.7 Å². The minimum atomic E-state index is -0.746. The van der Waals surface area contributed by atoms with Crippen molar-refractivity contribution in [2.24, 2.45) is 0 Å². The zero-order valence-electron chi connectivity index (χ0n) is 12.1. The van der Waals surface area contributed by atoms with E-state index >= 15 is 0 Å². The van der Waals surface area contributed by atoms with Crippen molar-refractivity contribution < 1.29 is 14.4 Å². The molecule has 0 spiro atoms. The molecular formula is C14H6Cl2N4O5. The van der Waals surface area contributed by atoms with Crippen LogP contribution in [0.15, 0.2) is 40.9 Å². The van der Waals surface area contributed by atoms with Crippen LogP contribution in [-0.2, 0) is 0 Å². The van der Waals surface area contributed by atoms with Crippen LogP contribution in [0.3, 0.4) is 0 Å². The third kappa shape index (κ3) is 3.42. The molecule has 0 bridgehead atoms. The average molecular weight is 381 g/mol. The molecule has 0 radical (unpaired) electrons. The van der Waals surface area contributed by atoms with E-state index in [4.69, 9.17) is 27.7 Å². The van der Waals surface area contributed by atoms with Gasteiger partial charge in [-0.1, -0.05) is 28.4 Å². The van der Waals surface area contributed by atoms with E-state index < -0.39 is 21.2 Å². The van der Waals surface area contributed by atoms with E-state index in [0.717, 1.165) is 18.2 Å². The number of non-ortho nitro benzene ring substituents is 2. The van der Waals surface area contributed by atoms with Gasteiger partial charge in [0.25, 0.3) is 17.3 Å². The van der Waals surface area contributed by atoms with Crippen LogP contribution in [0.5, 0.6) is 0 Å². The van der Waals surface area contributed by atoms with Crippen LogP contribution in [0.1, 0.15) is 0 Å². The fourth-order valence-corrected chi connectivity index (χ4v) is 2.54. The summed E-state index contributed by atoms with van der Waals surface area (Å²) >= 11 is 11.9. The Kier molecular flexibility index (Phi) is 4.34. The van der Waals surface area contributed by atoms with Gasteiger partial charge in [0, 0.05) is 22.7 Å². The van der Waals surface area contributed by atoms with Crippen LogP contribution in [0.2, 0.25) is 10.0 Å². The van der Waals surface area contributed by atoms with Gasteiger partial charge in [0.15, 0.2) is 0 Å². The first kappa shape index (κ1) is 16.8. The molecule has 25 heavy (non-hydrogen) atoms. The minimum Gasteiger partial charge on any atom is -0.334 e. The van der Waals surface area contributed by atoms with Crippen molar-refractivity contribution >= 4 is 34.6 Å². The van der Waals surface area contributed by atoms with Gasteiger partial charge < -0.3 is 4.52 Å². The first-order chi connectivity index (χ1) is 11.8. The largest absolute Gasteiger partial charge is 0.334 e. The molecule has 2 aromatic carbocycles. The van der Waals surface area contributed by atoms with Crippen LogP contribution in [0.4, 0.5) is 11.4 Å². The van der Waals surface area contributed by atoms with Gasteiger partial charge in [0.2, 0.25) is 5.82 Å². The second kappa shape index (κ2) is 6.46. The molecule has 0 saturated heterocycles. The van der Waals surface area contributed by atoms with Gasteiger partial charge in [0.1, 0.15) is 0 Å². The fourth-order valence-electron chi connectivity index (χ4n) is 2.05. The highest BCUT2D eigenvalue weighted by Crippen LogP contribution is 2.32. The quantitative estimate of drug-likeness (QED) is 0.480. The molecule has 0 aliphatic heterocycles. The van der Waals surface area contributed by atoms with E-state index in [1.54, 1.807) is 12.1 Å². The summed E-state index contributed by atoms with van der Waals surface area (Å²) in [6.45, 7) is 0. The molecule has 0 unspecified atom stereocenters. The van der Waals surface area contributed by atoms with Crippen LogP contribution >= 0.6 is 23.2 Å². The number of halogens is 2. The van der Waals surface area contributed by atoms with E-state index in [-0.39, 0.29) is 22.3 Å². The van der Waals surface area contributed by atoms with Crippen molar-refractivity contribution in [3.8, 4) is 22.8 Å². The number of hydrogen-bond acceptors (Lipinski definition) is 7.